The Bertz CT molecular complexity index is 518. The third-order valence-corrected chi connectivity index (χ3v) is 2.76. The van der Waals surface area contributed by atoms with E-state index in [2.05, 4.69) is 5.32 Å². The Morgan fingerprint density at radius 3 is 2.79 bits per heavy atom. The lowest BCUT2D eigenvalue weighted by Crippen LogP contribution is -2.46. The SMILES string of the molecule is CC1(CC(F)(F)F)CNc2ccc([N+](=O)[O-])cc2O1. The van der Waals surface area contributed by atoms with Crippen molar-refractivity contribution >= 4 is 11.4 Å². The average Bonchev–Trinajstić information content (AvgIpc) is 2.24. The molecule has 0 spiro atoms. The summed E-state index contributed by atoms with van der Waals surface area (Å²) in [6.45, 7) is 1.30. The fourth-order valence-electron chi connectivity index (χ4n) is 1.96. The number of hydrogen-bond acceptors (Lipinski definition) is 4. The monoisotopic (exact) mass is 276 g/mol. The predicted molar refractivity (Wildman–Crippen MR) is 61.3 cm³/mol. The van der Waals surface area contributed by atoms with Gasteiger partial charge in [-0.1, -0.05) is 0 Å². The molecule has 1 aromatic carbocycles. The first-order valence-corrected chi connectivity index (χ1v) is 5.47. The molecule has 0 bridgehead atoms. The maximum absolute atomic E-state index is 12.5. The Balaban J connectivity index is 2.27. The van der Waals surface area contributed by atoms with E-state index in [-0.39, 0.29) is 18.0 Å². The number of non-ortho nitro benzene ring substituents is 1. The molecule has 104 valence electrons. The van der Waals surface area contributed by atoms with Crippen molar-refractivity contribution in [2.24, 2.45) is 0 Å². The van der Waals surface area contributed by atoms with Gasteiger partial charge in [-0.2, -0.15) is 13.2 Å². The number of alkyl halides is 3. The van der Waals surface area contributed by atoms with E-state index in [0.29, 0.717) is 5.69 Å². The first kappa shape index (κ1) is 13.4. The molecule has 0 amide bonds. The second-order valence-electron chi connectivity index (χ2n) is 4.64. The molecule has 1 heterocycles. The minimum absolute atomic E-state index is 0.0165. The molecule has 1 aromatic rings. The van der Waals surface area contributed by atoms with Crippen molar-refractivity contribution in [3.05, 3.63) is 28.3 Å². The number of fused-ring (bicyclic) bond motifs is 1. The van der Waals surface area contributed by atoms with Crippen LogP contribution in [-0.2, 0) is 0 Å². The summed E-state index contributed by atoms with van der Waals surface area (Å²) in [6.07, 6.45) is -5.50. The summed E-state index contributed by atoms with van der Waals surface area (Å²) in [4.78, 5) is 10.0. The summed E-state index contributed by atoms with van der Waals surface area (Å²) in [5.74, 6) is 0.0622. The fraction of sp³-hybridized carbons (Fsp3) is 0.455. The minimum atomic E-state index is -4.37. The smallest absolute Gasteiger partial charge is 0.392 e. The van der Waals surface area contributed by atoms with E-state index in [9.17, 15) is 23.3 Å². The lowest BCUT2D eigenvalue weighted by molar-refractivity contribution is -0.385. The lowest BCUT2D eigenvalue weighted by Gasteiger charge is -2.36. The largest absolute Gasteiger partial charge is 0.483 e. The number of anilines is 1. The number of nitrogens with one attached hydrogen (secondary N) is 1. The summed E-state index contributed by atoms with van der Waals surface area (Å²) in [7, 11) is 0. The summed E-state index contributed by atoms with van der Waals surface area (Å²) < 4.78 is 42.7. The van der Waals surface area contributed by atoms with Gasteiger partial charge in [-0.05, 0) is 13.0 Å². The van der Waals surface area contributed by atoms with E-state index >= 15 is 0 Å². The highest BCUT2D eigenvalue weighted by molar-refractivity contribution is 5.62. The molecule has 0 radical (unpaired) electrons. The van der Waals surface area contributed by atoms with Crippen molar-refractivity contribution < 1.29 is 22.8 Å². The number of benzene rings is 1. The topological polar surface area (TPSA) is 64.4 Å². The Morgan fingerprint density at radius 2 is 2.21 bits per heavy atom. The summed E-state index contributed by atoms with van der Waals surface area (Å²) >= 11 is 0. The van der Waals surface area contributed by atoms with Crippen molar-refractivity contribution in [1.29, 1.82) is 0 Å². The number of nitrogens with zero attached hydrogens (tertiary/aromatic N) is 1. The maximum atomic E-state index is 12.5. The molecule has 0 fully saturated rings. The second-order valence-corrected chi connectivity index (χ2v) is 4.64. The van der Waals surface area contributed by atoms with Crippen molar-refractivity contribution in [1.82, 2.24) is 0 Å². The van der Waals surface area contributed by atoms with Crippen LogP contribution >= 0.6 is 0 Å². The van der Waals surface area contributed by atoms with E-state index in [1.54, 1.807) is 0 Å². The summed E-state index contributed by atoms with van der Waals surface area (Å²) in [5, 5.41) is 13.4. The van der Waals surface area contributed by atoms with Gasteiger partial charge in [0.25, 0.3) is 5.69 Å². The molecule has 8 heteroatoms. The molecule has 1 N–H and O–H groups in total. The van der Waals surface area contributed by atoms with Crippen LogP contribution in [0.1, 0.15) is 13.3 Å². The maximum Gasteiger partial charge on any atom is 0.392 e. The zero-order valence-corrected chi connectivity index (χ0v) is 9.95. The molecule has 1 aliphatic heterocycles. The van der Waals surface area contributed by atoms with E-state index in [4.69, 9.17) is 4.74 Å². The van der Waals surface area contributed by atoms with Gasteiger partial charge >= 0.3 is 6.18 Å². The van der Waals surface area contributed by atoms with Crippen LogP contribution in [0.5, 0.6) is 5.75 Å². The zero-order chi connectivity index (χ0) is 14.3. The normalized spacial score (nSPS) is 22.1. The van der Waals surface area contributed by atoms with Crippen LogP contribution < -0.4 is 10.1 Å². The Morgan fingerprint density at radius 1 is 1.53 bits per heavy atom. The van der Waals surface area contributed by atoms with Crippen molar-refractivity contribution in [2.75, 3.05) is 11.9 Å². The lowest BCUT2D eigenvalue weighted by atomic mass is 9.99. The van der Waals surface area contributed by atoms with Gasteiger partial charge in [-0.15, -0.1) is 0 Å². The van der Waals surface area contributed by atoms with Gasteiger partial charge in [0.2, 0.25) is 0 Å². The fourth-order valence-corrected chi connectivity index (χ4v) is 1.96. The van der Waals surface area contributed by atoms with Crippen LogP contribution in [0.4, 0.5) is 24.5 Å². The molecule has 5 nitrogen and oxygen atoms in total. The minimum Gasteiger partial charge on any atom is -0.483 e. The number of hydrogen-bond donors (Lipinski definition) is 1. The van der Waals surface area contributed by atoms with E-state index < -0.39 is 23.1 Å². The first-order valence-electron chi connectivity index (χ1n) is 5.47. The number of nitro groups is 1. The molecular formula is C11H11F3N2O3. The molecule has 0 saturated carbocycles. The van der Waals surface area contributed by atoms with Crippen LogP contribution in [0.2, 0.25) is 0 Å². The number of nitro benzene ring substituents is 1. The highest BCUT2D eigenvalue weighted by Crippen LogP contribution is 2.39. The van der Waals surface area contributed by atoms with Crippen LogP contribution in [0.3, 0.4) is 0 Å². The molecule has 1 aliphatic rings. The third kappa shape index (κ3) is 3.07. The van der Waals surface area contributed by atoms with Crippen molar-refractivity contribution in [2.45, 2.75) is 25.1 Å². The highest BCUT2D eigenvalue weighted by Gasteiger charge is 2.43. The van der Waals surface area contributed by atoms with Crippen LogP contribution in [0.25, 0.3) is 0 Å². The number of ether oxygens (including phenoxy) is 1. The average molecular weight is 276 g/mol. The zero-order valence-electron chi connectivity index (χ0n) is 9.95. The van der Waals surface area contributed by atoms with Gasteiger partial charge < -0.3 is 10.1 Å². The quantitative estimate of drug-likeness (QED) is 0.666. The van der Waals surface area contributed by atoms with E-state index in [0.717, 1.165) is 6.07 Å². The molecule has 0 aromatic heterocycles. The van der Waals surface area contributed by atoms with Gasteiger partial charge in [0.05, 0.1) is 29.6 Å². The van der Waals surface area contributed by atoms with Gasteiger partial charge in [-0.25, -0.2) is 0 Å². The van der Waals surface area contributed by atoms with Gasteiger partial charge in [-0.3, -0.25) is 10.1 Å². The molecule has 0 saturated heterocycles. The van der Waals surface area contributed by atoms with Gasteiger partial charge in [0.15, 0.2) is 0 Å². The molecule has 2 rings (SSSR count). The standard InChI is InChI=1S/C11H11F3N2O3/c1-10(5-11(12,13)14)6-15-8-3-2-7(16(17)18)4-9(8)19-10/h2-4,15H,5-6H2,1H3. The Labute approximate surface area is 106 Å². The van der Waals surface area contributed by atoms with Crippen molar-refractivity contribution in [3.8, 4) is 5.75 Å². The highest BCUT2D eigenvalue weighted by atomic mass is 19.4. The Kier molecular flexibility index (Phi) is 3.03. The summed E-state index contributed by atoms with van der Waals surface area (Å²) in [6, 6.07) is 3.80. The Hall–Kier alpha value is -1.99. The van der Waals surface area contributed by atoms with Crippen LogP contribution in [0, 0.1) is 10.1 Å². The van der Waals surface area contributed by atoms with E-state index in [1.165, 1.54) is 19.1 Å². The predicted octanol–water partition coefficient (Wildman–Crippen LogP) is 3.11. The van der Waals surface area contributed by atoms with Gasteiger partial charge in [0.1, 0.15) is 11.4 Å². The molecule has 1 atom stereocenters. The van der Waals surface area contributed by atoms with E-state index in [1.807, 2.05) is 0 Å². The van der Waals surface area contributed by atoms with Gasteiger partial charge in [0, 0.05) is 6.07 Å². The first-order chi connectivity index (χ1) is 8.69. The van der Waals surface area contributed by atoms with Crippen LogP contribution in [0.15, 0.2) is 18.2 Å². The molecule has 1 unspecified atom stereocenters. The second kappa shape index (κ2) is 4.29. The van der Waals surface area contributed by atoms with Crippen LogP contribution in [-0.4, -0.2) is 23.2 Å². The molecule has 19 heavy (non-hydrogen) atoms. The molecule has 0 aliphatic carbocycles. The number of halogens is 3. The third-order valence-electron chi connectivity index (χ3n) is 2.76. The molecular weight excluding hydrogens is 265 g/mol. The number of rotatable bonds is 2. The summed E-state index contributed by atoms with van der Waals surface area (Å²) in [5.41, 5.74) is -1.25. The van der Waals surface area contributed by atoms with Crippen molar-refractivity contribution in [3.63, 3.8) is 0 Å².